The van der Waals surface area contributed by atoms with E-state index >= 15 is 0 Å². The summed E-state index contributed by atoms with van der Waals surface area (Å²) in [5.74, 6) is 0.236. The molecule has 0 fully saturated rings. The first kappa shape index (κ1) is 10.9. The molecular formula is C10H11N3O2. The van der Waals surface area contributed by atoms with Crippen molar-refractivity contribution in [1.29, 1.82) is 5.26 Å². The van der Waals surface area contributed by atoms with Crippen LogP contribution < -0.4 is 15.8 Å². The summed E-state index contributed by atoms with van der Waals surface area (Å²) in [5.41, 5.74) is 6.55. The van der Waals surface area contributed by atoms with Gasteiger partial charge in [0.15, 0.2) is 0 Å². The average Bonchev–Trinajstić information content (AvgIpc) is 2.21. The number of carbonyl (C=O) groups excluding carboxylic acids is 1. The molecule has 1 rings (SSSR count). The normalized spacial score (nSPS) is 9.07. The molecule has 1 aromatic rings. The largest absolute Gasteiger partial charge is 0.497 e. The van der Waals surface area contributed by atoms with Crippen molar-refractivity contribution >= 4 is 17.3 Å². The lowest BCUT2D eigenvalue weighted by atomic mass is 10.2. The first-order valence-electron chi connectivity index (χ1n) is 4.27. The molecule has 78 valence electrons. The van der Waals surface area contributed by atoms with Crippen LogP contribution in [0.15, 0.2) is 18.2 Å². The number of benzene rings is 1. The van der Waals surface area contributed by atoms with Gasteiger partial charge in [-0.1, -0.05) is 0 Å². The molecule has 1 aromatic carbocycles. The molecule has 0 radical (unpaired) electrons. The molecule has 1 amide bonds. The minimum atomic E-state index is -0.380. The molecule has 0 unspecified atom stereocenters. The number of nitrogen functional groups attached to an aromatic ring is 1. The third-order valence-corrected chi connectivity index (χ3v) is 1.77. The number of hydrogen-bond acceptors (Lipinski definition) is 4. The molecule has 15 heavy (non-hydrogen) atoms. The number of amides is 1. The van der Waals surface area contributed by atoms with Crippen LogP contribution in [-0.4, -0.2) is 13.0 Å². The molecule has 0 spiro atoms. The van der Waals surface area contributed by atoms with Crippen molar-refractivity contribution in [3.05, 3.63) is 18.2 Å². The highest BCUT2D eigenvalue weighted by molar-refractivity contribution is 5.95. The van der Waals surface area contributed by atoms with Crippen molar-refractivity contribution < 1.29 is 9.53 Å². The van der Waals surface area contributed by atoms with Crippen LogP contribution >= 0.6 is 0 Å². The van der Waals surface area contributed by atoms with Gasteiger partial charge in [0, 0.05) is 6.07 Å². The second kappa shape index (κ2) is 4.86. The van der Waals surface area contributed by atoms with Crippen LogP contribution in [0.4, 0.5) is 11.4 Å². The van der Waals surface area contributed by atoms with E-state index in [-0.39, 0.29) is 12.3 Å². The maximum absolute atomic E-state index is 11.1. The van der Waals surface area contributed by atoms with E-state index in [9.17, 15) is 4.79 Å². The van der Waals surface area contributed by atoms with Gasteiger partial charge in [-0.15, -0.1) is 0 Å². The van der Waals surface area contributed by atoms with Crippen LogP contribution in [0.25, 0.3) is 0 Å². The summed E-state index contributed by atoms with van der Waals surface area (Å²) in [6.07, 6.45) is -0.189. The second-order valence-electron chi connectivity index (χ2n) is 2.84. The molecule has 5 heteroatoms. The number of carbonyl (C=O) groups is 1. The molecule has 0 aliphatic carbocycles. The van der Waals surface area contributed by atoms with E-state index in [2.05, 4.69) is 5.32 Å². The smallest absolute Gasteiger partial charge is 0.238 e. The molecule has 0 bridgehead atoms. The minimum absolute atomic E-state index is 0.189. The summed E-state index contributed by atoms with van der Waals surface area (Å²) in [7, 11) is 1.53. The fourth-order valence-electron chi connectivity index (χ4n) is 1.05. The number of nitrogens with one attached hydrogen (secondary N) is 1. The Hall–Kier alpha value is -2.22. The highest BCUT2D eigenvalue weighted by atomic mass is 16.5. The van der Waals surface area contributed by atoms with Crippen LogP contribution in [0.3, 0.4) is 0 Å². The van der Waals surface area contributed by atoms with Gasteiger partial charge in [-0.05, 0) is 12.1 Å². The number of ether oxygens (including phenoxy) is 1. The molecule has 0 atom stereocenters. The summed E-state index contributed by atoms with van der Waals surface area (Å²) in [6.45, 7) is 0. The van der Waals surface area contributed by atoms with Gasteiger partial charge in [-0.3, -0.25) is 4.79 Å². The quantitative estimate of drug-likeness (QED) is 0.724. The summed E-state index contributed by atoms with van der Waals surface area (Å²) in [6, 6.07) is 6.66. The summed E-state index contributed by atoms with van der Waals surface area (Å²) in [4.78, 5) is 11.1. The summed E-state index contributed by atoms with van der Waals surface area (Å²) >= 11 is 0. The molecule has 0 aliphatic rings. The third kappa shape index (κ3) is 2.88. The molecule has 0 aromatic heterocycles. The Morgan fingerprint density at radius 1 is 1.67 bits per heavy atom. The molecule has 0 aliphatic heterocycles. The lowest BCUT2D eigenvalue weighted by Crippen LogP contribution is -2.11. The van der Waals surface area contributed by atoms with Crippen molar-refractivity contribution in [3.8, 4) is 11.8 Å². The van der Waals surface area contributed by atoms with E-state index in [4.69, 9.17) is 15.7 Å². The van der Waals surface area contributed by atoms with Gasteiger partial charge < -0.3 is 15.8 Å². The van der Waals surface area contributed by atoms with Crippen molar-refractivity contribution in [2.45, 2.75) is 6.42 Å². The first-order valence-corrected chi connectivity index (χ1v) is 4.27. The van der Waals surface area contributed by atoms with Gasteiger partial charge >= 0.3 is 0 Å². The maximum atomic E-state index is 11.1. The van der Waals surface area contributed by atoms with E-state index in [1.54, 1.807) is 24.3 Å². The van der Waals surface area contributed by atoms with Crippen LogP contribution in [-0.2, 0) is 4.79 Å². The van der Waals surface area contributed by atoms with Crippen molar-refractivity contribution in [3.63, 3.8) is 0 Å². The van der Waals surface area contributed by atoms with Crippen molar-refractivity contribution in [2.75, 3.05) is 18.2 Å². The summed E-state index contributed by atoms with van der Waals surface area (Å²) < 4.78 is 4.96. The Balaban J connectivity index is 2.79. The standard InChI is InChI=1S/C10H11N3O2/c1-15-7-2-3-9(8(12)6-7)13-10(14)4-5-11/h2-3,6H,4,12H2,1H3,(H,13,14). The number of methoxy groups -OCH3 is 1. The lowest BCUT2D eigenvalue weighted by molar-refractivity contribution is -0.115. The number of nitriles is 1. The number of nitrogens with two attached hydrogens (primary N) is 1. The summed E-state index contributed by atoms with van der Waals surface area (Å²) in [5, 5.41) is 10.8. The molecule has 0 saturated carbocycles. The predicted molar refractivity (Wildman–Crippen MR) is 56.3 cm³/mol. The zero-order chi connectivity index (χ0) is 11.3. The van der Waals surface area contributed by atoms with Crippen LogP contribution in [0.5, 0.6) is 5.75 Å². The van der Waals surface area contributed by atoms with Crippen LogP contribution in [0, 0.1) is 11.3 Å². The van der Waals surface area contributed by atoms with Crippen molar-refractivity contribution in [1.82, 2.24) is 0 Å². The molecule has 0 saturated heterocycles. The van der Waals surface area contributed by atoms with Gasteiger partial charge in [0.05, 0.1) is 24.6 Å². The fraction of sp³-hybridized carbons (Fsp3) is 0.200. The Kier molecular flexibility index (Phi) is 3.52. The average molecular weight is 205 g/mol. The van der Waals surface area contributed by atoms with Crippen LogP contribution in [0.2, 0.25) is 0 Å². The zero-order valence-electron chi connectivity index (χ0n) is 8.28. The van der Waals surface area contributed by atoms with E-state index in [0.717, 1.165) is 0 Å². The minimum Gasteiger partial charge on any atom is -0.497 e. The van der Waals surface area contributed by atoms with Gasteiger partial charge in [-0.2, -0.15) is 5.26 Å². The van der Waals surface area contributed by atoms with E-state index in [0.29, 0.717) is 17.1 Å². The maximum Gasteiger partial charge on any atom is 0.238 e. The third-order valence-electron chi connectivity index (χ3n) is 1.77. The number of nitrogens with zero attached hydrogens (tertiary/aromatic N) is 1. The highest BCUT2D eigenvalue weighted by Gasteiger charge is 2.05. The SMILES string of the molecule is COc1ccc(NC(=O)CC#N)c(N)c1. The van der Waals surface area contributed by atoms with Gasteiger partial charge in [0.25, 0.3) is 0 Å². The first-order chi connectivity index (χ1) is 7.17. The molecule has 0 heterocycles. The van der Waals surface area contributed by atoms with Gasteiger partial charge in [0.2, 0.25) is 5.91 Å². The number of anilines is 2. The molecule has 5 nitrogen and oxygen atoms in total. The van der Waals surface area contributed by atoms with Gasteiger partial charge in [0.1, 0.15) is 12.2 Å². The van der Waals surface area contributed by atoms with E-state index in [1.807, 2.05) is 0 Å². The predicted octanol–water partition coefficient (Wildman–Crippen LogP) is 1.13. The fourth-order valence-corrected chi connectivity index (χ4v) is 1.05. The second-order valence-corrected chi connectivity index (χ2v) is 2.84. The topological polar surface area (TPSA) is 88.1 Å². The zero-order valence-corrected chi connectivity index (χ0v) is 8.28. The Bertz CT molecular complexity index is 410. The Morgan fingerprint density at radius 3 is 2.93 bits per heavy atom. The molecular weight excluding hydrogens is 194 g/mol. The van der Waals surface area contributed by atoms with E-state index < -0.39 is 0 Å². The van der Waals surface area contributed by atoms with Gasteiger partial charge in [-0.25, -0.2) is 0 Å². The Morgan fingerprint density at radius 2 is 2.40 bits per heavy atom. The van der Waals surface area contributed by atoms with E-state index in [1.165, 1.54) is 7.11 Å². The lowest BCUT2D eigenvalue weighted by Gasteiger charge is -2.08. The van der Waals surface area contributed by atoms with Crippen LogP contribution in [0.1, 0.15) is 6.42 Å². The monoisotopic (exact) mass is 205 g/mol. The Labute approximate surface area is 87.4 Å². The number of hydrogen-bond donors (Lipinski definition) is 2. The van der Waals surface area contributed by atoms with Crippen molar-refractivity contribution in [2.24, 2.45) is 0 Å². The molecule has 3 N–H and O–H groups in total. The highest BCUT2D eigenvalue weighted by Crippen LogP contribution is 2.23. The number of rotatable bonds is 3.